The second kappa shape index (κ2) is 9.12. The van der Waals surface area contributed by atoms with Crippen LogP contribution >= 0.6 is 24.8 Å². The van der Waals surface area contributed by atoms with Crippen LogP contribution in [0.2, 0.25) is 0 Å². The van der Waals surface area contributed by atoms with Crippen LogP contribution in [0, 0.1) is 0 Å². The summed E-state index contributed by atoms with van der Waals surface area (Å²) in [4.78, 5) is 16.1. The predicted octanol–water partition coefficient (Wildman–Crippen LogP) is 3.96. The van der Waals surface area contributed by atoms with Gasteiger partial charge in [-0.1, -0.05) is 0 Å². The fourth-order valence-electron chi connectivity index (χ4n) is 3.20. The topological polar surface area (TPSA) is 59.0 Å². The van der Waals surface area contributed by atoms with Gasteiger partial charge in [0.15, 0.2) is 0 Å². The average molecular weight is 427 g/mol. The number of benzene rings is 1. The van der Waals surface area contributed by atoms with Gasteiger partial charge in [-0.2, -0.15) is 13.2 Å². The molecule has 1 fully saturated rings. The van der Waals surface area contributed by atoms with Crippen LogP contribution in [0.5, 0.6) is 0 Å². The number of nitrogens with one attached hydrogen (secondary N) is 2. The highest BCUT2D eigenvalue weighted by atomic mass is 35.5. The van der Waals surface area contributed by atoms with Gasteiger partial charge in [-0.25, -0.2) is 4.98 Å². The monoisotopic (exact) mass is 426 g/mol. The summed E-state index contributed by atoms with van der Waals surface area (Å²) in [6, 6.07) is 4.22. The predicted molar refractivity (Wildman–Crippen MR) is 103 cm³/mol. The lowest BCUT2D eigenvalue weighted by molar-refractivity contribution is -0.147. The van der Waals surface area contributed by atoms with Crippen molar-refractivity contribution in [3.05, 3.63) is 29.6 Å². The molecular weight excluding hydrogens is 404 g/mol. The normalized spacial score (nSPS) is 15.3. The van der Waals surface area contributed by atoms with E-state index in [0.717, 1.165) is 30.5 Å². The van der Waals surface area contributed by atoms with Crippen LogP contribution in [0.15, 0.2) is 18.2 Å². The number of fused-ring (bicyclic) bond motifs is 1. The molecule has 1 amide bonds. The van der Waals surface area contributed by atoms with Crippen molar-refractivity contribution in [1.82, 2.24) is 20.2 Å². The third kappa shape index (κ3) is 5.06. The Labute approximate surface area is 167 Å². The molecule has 0 unspecified atom stereocenters. The maximum Gasteiger partial charge on any atom is 0.449 e. The molecule has 2 heterocycles. The van der Waals surface area contributed by atoms with Crippen molar-refractivity contribution < 1.29 is 18.0 Å². The summed E-state index contributed by atoms with van der Waals surface area (Å²) < 4.78 is 40.9. The molecule has 152 valence electrons. The largest absolute Gasteiger partial charge is 0.449 e. The van der Waals surface area contributed by atoms with Gasteiger partial charge in [-0.3, -0.25) is 4.79 Å². The van der Waals surface area contributed by atoms with Gasteiger partial charge < -0.3 is 15.2 Å². The Morgan fingerprint density at radius 1 is 1.26 bits per heavy atom. The summed E-state index contributed by atoms with van der Waals surface area (Å²) >= 11 is 0. The standard InChI is InChI=1S/C17H21F3N4O.2ClH/c1-10(2)24-14-4-3-11(9-13(14)23-16(24)17(18,19)20)15(25)22-12-5-7-21-8-6-12;;/h3-4,9-10,12,21H,5-8H2,1-2H3,(H,22,25);2*1H. The molecule has 27 heavy (non-hydrogen) atoms. The van der Waals surface area contributed by atoms with E-state index in [1.807, 2.05) is 0 Å². The lowest BCUT2D eigenvalue weighted by Crippen LogP contribution is -2.42. The molecule has 5 nitrogen and oxygen atoms in total. The summed E-state index contributed by atoms with van der Waals surface area (Å²) in [5, 5.41) is 6.15. The minimum absolute atomic E-state index is 0. The summed E-state index contributed by atoms with van der Waals surface area (Å²) in [7, 11) is 0. The van der Waals surface area contributed by atoms with Gasteiger partial charge in [-0.15, -0.1) is 24.8 Å². The number of rotatable bonds is 3. The minimum atomic E-state index is -4.54. The highest BCUT2D eigenvalue weighted by Crippen LogP contribution is 2.33. The van der Waals surface area contributed by atoms with E-state index in [2.05, 4.69) is 15.6 Å². The van der Waals surface area contributed by atoms with E-state index >= 15 is 0 Å². The first-order chi connectivity index (χ1) is 11.8. The number of amides is 1. The molecule has 1 aromatic heterocycles. The van der Waals surface area contributed by atoms with Gasteiger partial charge in [-0.05, 0) is 58.0 Å². The van der Waals surface area contributed by atoms with Gasteiger partial charge in [0.05, 0.1) is 11.0 Å². The molecule has 0 bridgehead atoms. The Morgan fingerprint density at radius 3 is 2.44 bits per heavy atom. The molecule has 1 saturated heterocycles. The number of carbonyl (C=O) groups excluding carboxylic acids is 1. The summed E-state index contributed by atoms with van der Waals surface area (Å²) in [5.74, 6) is -1.21. The maximum atomic E-state index is 13.2. The number of hydrogen-bond acceptors (Lipinski definition) is 3. The summed E-state index contributed by atoms with van der Waals surface area (Å²) in [6.07, 6.45) is -2.86. The number of carbonyl (C=O) groups is 1. The van der Waals surface area contributed by atoms with Crippen LogP contribution in [-0.2, 0) is 6.18 Å². The van der Waals surface area contributed by atoms with Gasteiger partial charge in [0.1, 0.15) is 0 Å². The molecule has 1 aliphatic heterocycles. The zero-order valence-corrected chi connectivity index (χ0v) is 16.6. The molecular formula is C17H23Cl2F3N4O. The number of nitrogens with zero attached hydrogens (tertiary/aromatic N) is 2. The fourth-order valence-corrected chi connectivity index (χ4v) is 3.20. The fraction of sp³-hybridized carbons (Fsp3) is 0.529. The van der Waals surface area contributed by atoms with E-state index < -0.39 is 18.0 Å². The van der Waals surface area contributed by atoms with Crippen molar-refractivity contribution in [3.8, 4) is 0 Å². The molecule has 10 heteroatoms. The highest BCUT2D eigenvalue weighted by molar-refractivity contribution is 5.97. The van der Waals surface area contributed by atoms with Crippen LogP contribution < -0.4 is 10.6 Å². The lowest BCUT2D eigenvalue weighted by atomic mass is 10.1. The SMILES string of the molecule is CC(C)n1c(C(F)(F)F)nc2cc(C(=O)NC3CCNCC3)ccc21.Cl.Cl. The van der Waals surface area contributed by atoms with Crippen LogP contribution in [0.1, 0.15) is 48.9 Å². The molecule has 2 aromatic rings. The van der Waals surface area contributed by atoms with Crippen molar-refractivity contribution in [2.45, 2.75) is 44.9 Å². The molecule has 3 rings (SSSR count). The third-order valence-corrected chi connectivity index (χ3v) is 4.40. The molecule has 0 spiro atoms. The van der Waals surface area contributed by atoms with Crippen LogP contribution in [0.4, 0.5) is 13.2 Å². The van der Waals surface area contributed by atoms with E-state index in [1.165, 1.54) is 12.1 Å². The first-order valence-electron chi connectivity index (χ1n) is 8.38. The maximum absolute atomic E-state index is 13.2. The van der Waals surface area contributed by atoms with E-state index in [1.54, 1.807) is 19.9 Å². The quantitative estimate of drug-likeness (QED) is 0.780. The van der Waals surface area contributed by atoms with E-state index in [-0.39, 0.29) is 42.3 Å². The van der Waals surface area contributed by atoms with Crippen molar-refractivity contribution in [3.63, 3.8) is 0 Å². The molecule has 2 N–H and O–H groups in total. The van der Waals surface area contributed by atoms with Gasteiger partial charge in [0.2, 0.25) is 5.82 Å². The highest BCUT2D eigenvalue weighted by Gasteiger charge is 2.38. The van der Waals surface area contributed by atoms with Gasteiger partial charge >= 0.3 is 6.18 Å². The smallest absolute Gasteiger partial charge is 0.349 e. The summed E-state index contributed by atoms with van der Waals surface area (Å²) in [6.45, 7) is 5.04. The number of alkyl halides is 3. The lowest BCUT2D eigenvalue weighted by Gasteiger charge is -2.23. The number of hydrogen-bond donors (Lipinski definition) is 2. The zero-order chi connectivity index (χ0) is 18.2. The van der Waals surface area contributed by atoms with Crippen molar-refractivity contribution >= 4 is 41.8 Å². The molecule has 0 saturated carbocycles. The Kier molecular flexibility index (Phi) is 7.95. The summed E-state index contributed by atoms with van der Waals surface area (Å²) in [5.41, 5.74) is 0.882. The number of aromatic nitrogens is 2. The van der Waals surface area contributed by atoms with Crippen molar-refractivity contribution in [1.29, 1.82) is 0 Å². The Bertz CT molecular complexity index is 786. The zero-order valence-electron chi connectivity index (χ0n) is 15.0. The van der Waals surface area contributed by atoms with Gasteiger partial charge in [0.25, 0.3) is 5.91 Å². The van der Waals surface area contributed by atoms with Crippen molar-refractivity contribution in [2.24, 2.45) is 0 Å². The van der Waals surface area contributed by atoms with E-state index in [0.29, 0.717) is 11.1 Å². The molecule has 0 radical (unpaired) electrons. The molecule has 1 aromatic carbocycles. The van der Waals surface area contributed by atoms with Crippen LogP contribution in [0.25, 0.3) is 11.0 Å². The number of halogens is 5. The second-order valence-corrected chi connectivity index (χ2v) is 6.60. The Hall–Kier alpha value is -1.51. The van der Waals surface area contributed by atoms with E-state index in [4.69, 9.17) is 0 Å². The molecule has 0 aliphatic carbocycles. The molecule has 0 atom stereocenters. The van der Waals surface area contributed by atoms with E-state index in [9.17, 15) is 18.0 Å². The minimum Gasteiger partial charge on any atom is -0.349 e. The van der Waals surface area contributed by atoms with Crippen LogP contribution in [-0.4, -0.2) is 34.6 Å². The Morgan fingerprint density at radius 2 is 1.89 bits per heavy atom. The van der Waals surface area contributed by atoms with Crippen molar-refractivity contribution in [2.75, 3.05) is 13.1 Å². The number of imidazole rings is 1. The van der Waals surface area contributed by atoms with Gasteiger partial charge in [0, 0.05) is 17.6 Å². The number of piperidine rings is 1. The first kappa shape index (κ1) is 23.5. The third-order valence-electron chi connectivity index (χ3n) is 4.40. The second-order valence-electron chi connectivity index (χ2n) is 6.60. The van der Waals surface area contributed by atoms with Crippen LogP contribution in [0.3, 0.4) is 0 Å². The molecule has 1 aliphatic rings. The first-order valence-corrected chi connectivity index (χ1v) is 8.38. The average Bonchev–Trinajstić information content (AvgIpc) is 2.94. The Balaban J connectivity index is 0.00000182.